The molecule has 0 spiro atoms. The summed E-state index contributed by atoms with van der Waals surface area (Å²) in [5, 5.41) is 5.24. The van der Waals surface area contributed by atoms with E-state index in [0.29, 0.717) is 10.2 Å². The first-order valence-corrected chi connectivity index (χ1v) is 10.8. The van der Waals surface area contributed by atoms with Crippen LogP contribution in [0.5, 0.6) is 0 Å². The molecule has 0 aliphatic rings. The van der Waals surface area contributed by atoms with Crippen molar-refractivity contribution in [1.82, 2.24) is 4.98 Å². The normalized spacial score (nSPS) is 11.9. The van der Waals surface area contributed by atoms with Gasteiger partial charge < -0.3 is 4.42 Å². The Balaban J connectivity index is 1.68. The zero-order valence-electron chi connectivity index (χ0n) is 16.2. The van der Waals surface area contributed by atoms with E-state index in [1.165, 1.54) is 11.3 Å². The van der Waals surface area contributed by atoms with E-state index in [9.17, 15) is 0 Å². The van der Waals surface area contributed by atoms with Crippen molar-refractivity contribution in [2.45, 2.75) is 6.92 Å². The van der Waals surface area contributed by atoms with Crippen LogP contribution in [0.2, 0.25) is 5.02 Å². The van der Waals surface area contributed by atoms with Crippen LogP contribution in [0.25, 0.3) is 33.6 Å². The summed E-state index contributed by atoms with van der Waals surface area (Å²) in [6, 6.07) is 25.8. The van der Waals surface area contributed by atoms with Gasteiger partial charge in [-0.3, -0.25) is 0 Å². The van der Waals surface area contributed by atoms with Crippen molar-refractivity contribution >= 4 is 39.0 Å². The number of thiazole rings is 1. The van der Waals surface area contributed by atoms with Crippen LogP contribution in [0, 0.1) is 6.92 Å². The SMILES string of the molecule is Cc1ccc2oc(-c3ccc(Cl)cc3)c/c(=N\c3nc(-c4ccccc4)cs3)c2c1. The minimum absolute atomic E-state index is 0.691. The van der Waals surface area contributed by atoms with Gasteiger partial charge in [-0.1, -0.05) is 53.6 Å². The van der Waals surface area contributed by atoms with E-state index in [4.69, 9.17) is 26.0 Å². The number of halogens is 1. The molecule has 0 saturated carbocycles. The number of hydrogen-bond donors (Lipinski definition) is 0. The van der Waals surface area contributed by atoms with Gasteiger partial charge in [0.15, 0.2) is 0 Å². The number of aryl methyl sites for hydroxylation is 1. The summed E-state index contributed by atoms with van der Waals surface area (Å²) in [7, 11) is 0. The predicted molar refractivity (Wildman–Crippen MR) is 124 cm³/mol. The fraction of sp³-hybridized carbons (Fsp3) is 0.0400. The molecule has 0 amide bonds. The summed E-state index contributed by atoms with van der Waals surface area (Å²) in [4.78, 5) is 9.60. The average Bonchev–Trinajstić information content (AvgIpc) is 3.24. The molecule has 146 valence electrons. The molecule has 5 aromatic rings. The molecule has 0 aliphatic heterocycles. The highest BCUT2D eigenvalue weighted by molar-refractivity contribution is 7.13. The van der Waals surface area contributed by atoms with Gasteiger partial charge >= 0.3 is 0 Å². The number of nitrogens with zero attached hydrogens (tertiary/aromatic N) is 2. The Morgan fingerprint density at radius 1 is 0.900 bits per heavy atom. The summed E-state index contributed by atoms with van der Waals surface area (Å²) < 4.78 is 6.18. The maximum atomic E-state index is 6.18. The van der Waals surface area contributed by atoms with Gasteiger partial charge in [-0.2, -0.15) is 0 Å². The summed E-state index contributed by atoms with van der Waals surface area (Å²) >= 11 is 7.58. The minimum atomic E-state index is 0.691. The lowest BCUT2D eigenvalue weighted by Crippen LogP contribution is -2.03. The first-order valence-electron chi connectivity index (χ1n) is 9.52. The topological polar surface area (TPSA) is 38.4 Å². The van der Waals surface area contributed by atoms with Crippen LogP contribution in [-0.4, -0.2) is 4.98 Å². The second kappa shape index (κ2) is 7.90. The van der Waals surface area contributed by atoms with Crippen LogP contribution in [0.15, 0.2) is 93.7 Å². The number of benzene rings is 3. The van der Waals surface area contributed by atoms with E-state index >= 15 is 0 Å². The van der Waals surface area contributed by atoms with Crippen LogP contribution < -0.4 is 5.36 Å². The van der Waals surface area contributed by atoms with E-state index in [-0.39, 0.29) is 0 Å². The fourth-order valence-corrected chi connectivity index (χ4v) is 4.13. The lowest BCUT2D eigenvalue weighted by molar-refractivity contribution is 0.618. The molecule has 0 atom stereocenters. The van der Waals surface area contributed by atoms with Crippen molar-refractivity contribution in [3.8, 4) is 22.6 Å². The lowest BCUT2D eigenvalue weighted by Gasteiger charge is -2.06. The third kappa shape index (κ3) is 3.80. The molecular weight excluding hydrogens is 412 g/mol. The van der Waals surface area contributed by atoms with Gasteiger partial charge in [0, 0.05) is 33.0 Å². The largest absolute Gasteiger partial charge is 0.456 e. The number of hydrogen-bond acceptors (Lipinski definition) is 4. The number of rotatable bonds is 3. The molecule has 0 N–H and O–H groups in total. The molecule has 0 saturated heterocycles. The zero-order valence-corrected chi connectivity index (χ0v) is 17.7. The Kier molecular flexibility index (Phi) is 4.95. The van der Waals surface area contributed by atoms with Crippen molar-refractivity contribution in [3.63, 3.8) is 0 Å². The quantitative estimate of drug-likeness (QED) is 0.300. The number of fused-ring (bicyclic) bond motifs is 1. The Morgan fingerprint density at radius 2 is 1.70 bits per heavy atom. The molecule has 0 radical (unpaired) electrons. The van der Waals surface area contributed by atoms with Gasteiger partial charge in [0.2, 0.25) is 5.13 Å². The molecule has 2 heterocycles. The monoisotopic (exact) mass is 428 g/mol. The van der Waals surface area contributed by atoms with Gasteiger partial charge in [-0.25, -0.2) is 9.98 Å². The second-order valence-corrected chi connectivity index (χ2v) is 8.27. The van der Waals surface area contributed by atoms with Gasteiger partial charge in [-0.15, -0.1) is 11.3 Å². The van der Waals surface area contributed by atoms with Crippen molar-refractivity contribution in [1.29, 1.82) is 0 Å². The standard InChI is InChI=1S/C25H17ClN2OS/c1-16-7-12-23-20(13-16)21(14-24(29-23)18-8-10-19(26)11-9-18)27-25-28-22(15-30-25)17-5-3-2-4-6-17/h2-15H,1H3/b27-21+. The highest BCUT2D eigenvalue weighted by atomic mass is 35.5. The predicted octanol–water partition coefficient (Wildman–Crippen LogP) is 7.42. The molecule has 0 aliphatic carbocycles. The van der Waals surface area contributed by atoms with E-state index in [2.05, 4.69) is 25.1 Å². The van der Waals surface area contributed by atoms with Crippen molar-refractivity contribution in [2.75, 3.05) is 0 Å². The summed E-state index contributed by atoms with van der Waals surface area (Å²) in [6.07, 6.45) is 0. The molecule has 5 heteroatoms. The van der Waals surface area contributed by atoms with E-state index < -0.39 is 0 Å². The highest BCUT2D eigenvalue weighted by Gasteiger charge is 2.08. The van der Waals surface area contributed by atoms with E-state index in [1.807, 2.05) is 66.0 Å². The molecule has 5 rings (SSSR count). The van der Waals surface area contributed by atoms with Crippen LogP contribution in [-0.2, 0) is 0 Å². The Hall–Kier alpha value is -3.21. The molecule has 30 heavy (non-hydrogen) atoms. The van der Waals surface area contributed by atoms with E-state index in [0.717, 1.165) is 44.5 Å². The first-order chi connectivity index (χ1) is 14.7. The van der Waals surface area contributed by atoms with Crippen LogP contribution in [0.3, 0.4) is 0 Å². The lowest BCUT2D eigenvalue weighted by atomic mass is 10.1. The van der Waals surface area contributed by atoms with Crippen molar-refractivity contribution in [2.24, 2.45) is 4.99 Å². The van der Waals surface area contributed by atoms with Crippen molar-refractivity contribution in [3.05, 3.63) is 100 Å². The van der Waals surface area contributed by atoms with Gasteiger partial charge in [0.05, 0.1) is 11.1 Å². The van der Waals surface area contributed by atoms with Gasteiger partial charge in [-0.05, 0) is 43.3 Å². The molecular formula is C25H17ClN2OS. The van der Waals surface area contributed by atoms with Crippen LogP contribution in [0.1, 0.15) is 5.56 Å². The summed E-state index contributed by atoms with van der Waals surface area (Å²) in [6.45, 7) is 2.06. The van der Waals surface area contributed by atoms with Crippen LogP contribution in [0.4, 0.5) is 5.13 Å². The Morgan fingerprint density at radius 3 is 2.50 bits per heavy atom. The molecule has 2 aromatic heterocycles. The third-order valence-electron chi connectivity index (χ3n) is 4.81. The van der Waals surface area contributed by atoms with E-state index in [1.54, 1.807) is 0 Å². The molecule has 3 nitrogen and oxygen atoms in total. The maximum absolute atomic E-state index is 6.18. The third-order valence-corrected chi connectivity index (χ3v) is 5.79. The Labute approximate surface area is 183 Å². The molecule has 0 unspecified atom stereocenters. The smallest absolute Gasteiger partial charge is 0.210 e. The van der Waals surface area contributed by atoms with Crippen LogP contribution >= 0.6 is 22.9 Å². The van der Waals surface area contributed by atoms with Crippen molar-refractivity contribution < 1.29 is 4.42 Å². The second-order valence-electron chi connectivity index (χ2n) is 7.00. The highest BCUT2D eigenvalue weighted by Crippen LogP contribution is 2.28. The zero-order chi connectivity index (χ0) is 20.5. The van der Waals surface area contributed by atoms with Gasteiger partial charge in [0.1, 0.15) is 11.3 Å². The Bertz CT molecular complexity index is 1400. The van der Waals surface area contributed by atoms with Gasteiger partial charge in [0.25, 0.3) is 0 Å². The maximum Gasteiger partial charge on any atom is 0.210 e. The molecule has 0 bridgehead atoms. The molecule has 3 aromatic carbocycles. The fourth-order valence-electron chi connectivity index (χ4n) is 3.29. The number of aromatic nitrogens is 1. The first kappa shape index (κ1) is 18.8. The summed E-state index contributed by atoms with van der Waals surface area (Å²) in [5.41, 5.74) is 4.89. The summed E-state index contributed by atoms with van der Waals surface area (Å²) in [5.74, 6) is 0.738. The minimum Gasteiger partial charge on any atom is -0.456 e. The molecule has 0 fully saturated rings. The average molecular weight is 429 g/mol.